The van der Waals surface area contributed by atoms with E-state index in [9.17, 15) is 18.0 Å². The van der Waals surface area contributed by atoms with Crippen LogP contribution in [0.4, 0.5) is 18.0 Å². The summed E-state index contributed by atoms with van der Waals surface area (Å²) >= 11 is 4.59. The predicted octanol–water partition coefficient (Wildman–Crippen LogP) is 3.30. The minimum atomic E-state index is -4.50. The third-order valence-electron chi connectivity index (χ3n) is 1.40. The molecule has 16 heavy (non-hydrogen) atoms. The molecule has 0 aliphatic carbocycles. The number of hydrogen-bond donors (Lipinski definition) is 1. The average Bonchev–Trinajstić information content (AvgIpc) is 2.57. The molecule has 0 saturated carbocycles. The number of alkyl halides is 3. The zero-order valence-electron chi connectivity index (χ0n) is 7.81. The van der Waals surface area contributed by atoms with E-state index in [2.05, 4.69) is 26.0 Å². The average molecular weight is 318 g/mol. The summed E-state index contributed by atoms with van der Waals surface area (Å²) in [7, 11) is 0. The monoisotopic (exact) mass is 317 g/mol. The quantitative estimate of drug-likeness (QED) is 0.929. The maximum absolute atomic E-state index is 11.7. The minimum Gasteiger partial charge on any atom is -0.440 e. The first-order chi connectivity index (χ1) is 7.37. The fourth-order valence-corrected chi connectivity index (χ4v) is 2.19. The van der Waals surface area contributed by atoms with Crippen LogP contribution in [0.25, 0.3) is 0 Å². The van der Waals surface area contributed by atoms with E-state index < -0.39 is 18.9 Å². The van der Waals surface area contributed by atoms with Crippen LogP contribution in [0.5, 0.6) is 0 Å². The van der Waals surface area contributed by atoms with Crippen LogP contribution < -0.4 is 5.32 Å². The molecule has 1 N–H and O–H groups in total. The van der Waals surface area contributed by atoms with E-state index in [-0.39, 0.29) is 6.54 Å². The number of carbonyl (C=O) groups is 1. The van der Waals surface area contributed by atoms with Gasteiger partial charge in [0.1, 0.15) is 0 Å². The molecule has 0 unspecified atom stereocenters. The van der Waals surface area contributed by atoms with Crippen molar-refractivity contribution in [3.8, 4) is 0 Å². The SMILES string of the molecule is O=C(NCc1cc(Br)cs1)OCC(F)(F)F. The van der Waals surface area contributed by atoms with Crippen LogP contribution in [0.2, 0.25) is 0 Å². The Morgan fingerprint density at radius 2 is 2.25 bits per heavy atom. The van der Waals surface area contributed by atoms with Gasteiger partial charge in [0.2, 0.25) is 0 Å². The molecule has 1 aromatic rings. The minimum absolute atomic E-state index is 0.146. The van der Waals surface area contributed by atoms with Crippen LogP contribution >= 0.6 is 27.3 Å². The molecule has 0 spiro atoms. The van der Waals surface area contributed by atoms with Gasteiger partial charge in [0.05, 0.1) is 6.54 Å². The summed E-state index contributed by atoms with van der Waals surface area (Å²) in [6.45, 7) is -1.43. The Morgan fingerprint density at radius 3 is 2.75 bits per heavy atom. The van der Waals surface area contributed by atoms with Crippen molar-refractivity contribution in [2.75, 3.05) is 6.61 Å². The molecule has 1 heterocycles. The number of ether oxygens (including phenoxy) is 1. The Balaban J connectivity index is 2.25. The molecule has 0 aliphatic rings. The van der Waals surface area contributed by atoms with Gasteiger partial charge in [0.25, 0.3) is 0 Å². The number of nitrogens with one attached hydrogen (secondary N) is 1. The van der Waals surface area contributed by atoms with Crippen molar-refractivity contribution in [2.24, 2.45) is 0 Å². The summed E-state index contributed by atoms with van der Waals surface area (Å²) in [5, 5.41) is 4.02. The lowest BCUT2D eigenvalue weighted by Gasteiger charge is -2.08. The highest BCUT2D eigenvalue weighted by atomic mass is 79.9. The third-order valence-corrected chi connectivity index (χ3v) is 3.09. The summed E-state index contributed by atoms with van der Waals surface area (Å²) in [5.41, 5.74) is 0. The maximum atomic E-state index is 11.7. The van der Waals surface area contributed by atoms with Crippen LogP contribution in [0.3, 0.4) is 0 Å². The zero-order valence-corrected chi connectivity index (χ0v) is 10.2. The van der Waals surface area contributed by atoms with Crippen molar-refractivity contribution in [1.29, 1.82) is 0 Å². The molecular weight excluding hydrogens is 311 g/mol. The fourth-order valence-electron chi connectivity index (χ4n) is 0.804. The second-order valence-electron chi connectivity index (χ2n) is 2.78. The molecule has 90 valence electrons. The molecule has 0 aliphatic heterocycles. The molecule has 3 nitrogen and oxygen atoms in total. The van der Waals surface area contributed by atoms with Crippen molar-refractivity contribution in [3.63, 3.8) is 0 Å². The summed E-state index contributed by atoms with van der Waals surface area (Å²) in [6.07, 6.45) is -5.58. The second-order valence-corrected chi connectivity index (χ2v) is 4.69. The molecular formula is C8H7BrF3NO2S. The first-order valence-electron chi connectivity index (χ1n) is 4.07. The highest BCUT2D eigenvalue weighted by molar-refractivity contribution is 9.10. The molecule has 1 aromatic heterocycles. The highest BCUT2D eigenvalue weighted by Crippen LogP contribution is 2.19. The third kappa shape index (κ3) is 5.36. The van der Waals surface area contributed by atoms with E-state index in [1.165, 1.54) is 11.3 Å². The molecule has 0 atom stereocenters. The Labute approximate surface area is 102 Å². The summed E-state index contributed by atoms with van der Waals surface area (Å²) in [4.78, 5) is 11.6. The molecule has 1 rings (SSSR count). The number of carbonyl (C=O) groups excluding carboxylic acids is 1. The van der Waals surface area contributed by atoms with Crippen LogP contribution in [0.1, 0.15) is 4.88 Å². The smallest absolute Gasteiger partial charge is 0.422 e. The summed E-state index contributed by atoms with van der Waals surface area (Å²) in [5.74, 6) is 0. The van der Waals surface area contributed by atoms with E-state index in [0.29, 0.717) is 0 Å². The molecule has 0 bridgehead atoms. The summed E-state index contributed by atoms with van der Waals surface area (Å²) < 4.78 is 39.8. The topological polar surface area (TPSA) is 38.3 Å². The lowest BCUT2D eigenvalue weighted by atomic mass is 10.5. The Hall–Kier alpha value is -0.760. The van der Waals surface area contributed by atoms with Gasteiger partial charge in [-0.2, -0.15) is 13.2 Å². The number of halogens is 4. The van der Waals surface area contributed by atoms with Gasteiger partial charge >= 0.3 is 12.3 Å². The van der Waals surface area contributed by atoms with Crippen LogP contribution in [0.15, 0.2) is 15.9 Å². The largest absolute Gasteiger partial charge is 0.440 e. The normalized spacial score (nSPS) is 11.2. The van der Waals surface area contributed by atoms with Gasteiger partial charge < -0.3 is 10.1 Å². The standard InChI is InChI=1S/C8H7BrF3NO2S/c9-5-1-6(16-3-5)2-13-7(14)15-4-8(10,11)12/h1,3H,2,4H2,(H,13,14). The van der Waals surface area contributed by atoms with Gasteiger partial charge in [-0.15, -0.1) is 11.3 Å². The van der Waals surface area contributed by atoms with Crippen molar-refractivity contribution in [2.45, 2.75) is 12.7 Å². The van der Waals surface area contributed by atoms with Gasteiger partial charge in [-0.25, -0.2) is 4.79 Å². The van der Waals surface area contributed by atoms with E-state index in [1.807, 2.05) is 0 Å². The summed E-state index contributed by atoms with van der Waals surface area (Å²) in [6, 6.07) is 1.76. The Bertz CT molecular complexity index is 366. The van der Waals surface area contributed by atoms with E-state index >= 15 is 0 Å². The molecule has 1 amide bonds. The van der Waals surface area contributed by atoms with Crippen molar-refractivity contribution < 1.29 is 22.7 Å². The van der Waals surface area contributed by atoms with Gasteiger partial charge in [0, 0.05) is 14.7 Å². The first-order valence-corrected chi connectivity index (χ1v) is 5.74. The van der Waals surface area contributed by atoms with E-state index in [0.717, 1.165) is 9.35 Å². The van der Waals surface area contributed by atoms with Crippen LogP contribution in [-0.4, -0.2) is 18.9 Å². The lowest BCUT2D eigenvalue weighted by Crippen LogP contribution is -2.28. The van der Waals surface area contributed by atoms with Gasteiger partial charge in [0.15, 0.2) is 6.61 Å². The van der Waals surface area contributed by atoms with Gasteiger partial charge in [-0.3, -0.25) is 0 Å². The highest BCUT2D eigenvalue weighted by Gasteiger charge is 2.29. The molecule has 0 saturated heterocycles. The Kier molecular flexibility index (Phi) is 4.60. The van der Waals surface area contributed by atoms with Gasteiger partial charge in [-0.1, -0.05) is 0 Å². The fraction of sp³-hybridized carbons (Fsp3) is 0.375. The number of rotatable bonds is 3. The molecule has 0 radical (unpaired) electrons. The van der Waals surface area contributed by atoms with Crippen molar-refractivity contribution in [3.05, 3.63) is 20.8 Å². The van der Waals surface area contributed by atoms with Crippen LogP contribution in [-0.2, 0) is 11.3 Å². The zero-order chi connectivity index (χ0) is 12.2. The number of alkyl carbamates (subject to hydrolysis) is 1. The van der Waals surface area contributed by atoms with Crippen molar-refractivity contribution >= 4 is 33.4 Å². The van der Waals surface area contributed by atoms with E-state index in [4.69, 9.17) is 0 Å². The number of amides is 1. The number of thiophene rings is 1. The molecule has 0 aromatic carbocycles. The van der Waals surface area contributed by atoms with Gasteiger partial charge in [-0.05, 0) is 22.0 Å². The predicted molar refractivity (Wildman–Crippen MR) is 56.3 cm³/mol. The first kappa shape index (κ1) is 13.3. The van der Waals surface area contributed by atoms with Crippen molar-refractivity contribution in [1.82, 2.24) is 5.32 Å². The van der Waals surface area contributed by atoms with E-state index in [1.54, 1.807) is 11.4 Å². The lowest BCUT2D eigenvalue weighted by molar-refractivity contribution is -0.160. The molecule has 8 heteroatoms. The Morgan fingerprint density at radius 1 is 1.56 bits per heavy atom. The number of hydrogen-bond acceptors (Lipinski definition) is 3. The van der Waals surface area contributed by atoms with Crippen LogP contribution in [0, 0.1) is 0 Å². The molecule has 0 fully saturated rings. The maximum Gasteiger partial charge on any atom is 0.422 e. The second kappa shape index (κ2) is 5.53.